The van der Waals surface area contributed by atoms with E-state index >= 15 is 0 Å². The maximum absolute atomic E-state index is 13.3. The number of aryl methyl sites for hydroxylation is 1. The smallest absolute Gasteiger partial charge is 0.346 e. The number of hydrogen-bond donors (Lipinski definition) is 0. The average molecular weight is 406 g/mol. The highest BCUT2D eigenvalue weighted by molar-refractivity contribution is 5.93. The van der Waals surface area contributed by atoms with Crippen molar-refractivity contribution in [2.45, 2.75) is 45.3 Å². The third-order valence-electron chi connectivity index (χ3n) is 5.44. The minimum atomic E-state index is -0.199. The molecule has 3 aromatic rings. The Balaban J connectivity index is 1.61. The second kappa shape index (κ2) is 8.98. The molecule has 0 aliphatic carbocycles. The van der Waals surface area contributed by atoms with Crippen molar-refractivity contribution in [3.63, 3.8) is 0 Å². The Morgan fingerprint density at radius 1 is 1.07 bits per heavy atom. The highest BCUT2D eigenvalue weighted by Gasteiger charge is 2.21. The van der Waals surface area contributed by atoms with E-state index < -0.39 is 0 Å². The number of carbonyl (C=O) groups excluding carboxylic acids is 1. The van der Waals surface area contributed by atoms with Gasteiger partial charge < -0.3 is 9.64 Å². The fourth-order valence-corrected chi connectivity index (χ4v) is 3.79. The van der Waals surface area contributed by atoms with E-state index in [1.54, 1.807) is 16.6 Å². The van der Waals surface area contributed by atoms with E-state index in [4.69, 9.17) is 4.74 Å². The maximum atomic E-state index is 13.3. The van der Waals surface area contributed by atoms with Gasteiger partial charge >= 0.3 is 5.69 Å². The minimum Gasteiger partial charge on any atom is -0.497 e. The molecule has 1 aromatic heterocycles. The van der Waals surface area contributed by atoms with Crippen LogP contribution in [-0.2, 0) is 30.8 Å². The normalized spacial score (nSPS) is 13.4. The summed E-state index contributed by atoms with van der Waals surface area (Å²) >= 11 is 0. The van der Waals surface area contributed by atoms with Crippen LogP contribution in [0.2, 0.25) is 0 Å². The van der Waals surface area contributed by atoms with Gasteiger partial charge in [-0.3, -0.25) is 9.36 Å². The Hall–Kier alpha value is -3.35. The van der Waals surface area contributed by atoms with E-state index in [0.29, 0.717) is 13.1 Å². The number of hydrogen-bond acceptors (Lipinski definition) is 4. The van der Waals surface area contributed by atoms with Crippen LogP contribution < -0.4 is 15.3 Å². The van der Waals surface area contributed by atoms with Crippen molar-refractivity contribution < 1.29 is 9.53 Å². The molecule has 1 amide bonds. The third-order valence-corrected chi connectivity index (χ3v) is 5.44. The van der Waals surface area contributed by atoms with Gasteiger partial charge in [-0.15, -0.1) is 0 Å². The van der Waals surface area contributed by atoms with Crippen molar-refractivity contribution in [3.05, 3.63) is 76.5 Å². The minimum absolute atomic E-state index is 0.0856. The van der Waals surface area contributed by atoms with Gasteiger partial charge in [0.25, 0.3) is 0 Å². The highest BCUT2D eigenvalue weighted by Crippen LogP contribution is 2.22. The maximum Gasteiger partial charge on any atom is 0.346 e. The van der Waals surface area contributed by atoms with Crippen LogP contribution in [-0.4, -0.2) is 27.4 Å². The van der Waals surface area contributed by atoms with E-state index in [9.17, 15) is 9.59 Å². The highest BCUT2D eigenvalue weighted by atomic mass is 16.5. The van der Waals surface area contributed by atoms with Crippen molar-refractivity contribution in [2.75, 3.05) is 12.0 Å². The summed E-state index contributed by atoms with van der Waals surface area (Å²) in [5.74, 6) is 1.32. The molecular weight excluding hydrogens is 380 g/mol. The predicted octanol–water partition coefficient (Wildman–Crippen LogP) is 3.01. The van der Waals surface area contributed by atoms with Gasteiger partial charge in [-0.05, 0) is 42.7 Å². The largest absolute Gasteiger partial charge is 0.497 e. The number of methoxy groups -OCH3 is 1. The summed E-state index contributed by atoms with van der Waals surface area (Å²) in [4.78, 5) is 27.8. The van der Waals surface area contributed by atoms with Crippen LogP contribution in [0.5, 0.6) is 5.75 Å². The van der Waals surface area contributed by atoms with Gasteiger partial charge in [0.15, 0.2) is 0 Å². The summed E-state index contributed by atoms with van der Waals surface area (Å²) in [5.41, 5.74) is 1.56. The number of rotatable bonds is 6. The van der Waals surface area contributed by atoms with E-state index in [1.165, 1.54) is 4.68 Å². The molecule has 0 spiro atoms. The molecule has 0 unspecified atom stereocenters. The fourth-order valence-electron chi connectivity index (χ4n) is 3.79. The quantitative estimate of drug-likeness (QED) is 0.631. The third kappa shape index (κ3) is 4.30. The van der Waals surface area contributed by atoms with Gasteiger partial charge in [0.1, 0.15) is 18.1 Å². The Bertz CT molecular complexity index is 1050. The molecule has 7 heteroatoms. The van der Waals surface area contributed by atoms with Crippen molar-refractivity contribution >= 4 is 11.6 Å². The lowest BCUT2D eigenvalue weighted by Crippen LogP contribution is -2.37. The number of fused-ring (bicyclic) bond motifs is 1. The standard InChI is InChI=1S/C23H26N4O3/c1-30-20-13-11-19(12-14-20)26(16-18-8-4-2-5-9-18)22(28)17-27-23(29)25-15-7-3-6-10-21(25)24-27/h2,4-5,8-9,11-14H,3,6-7,10,15-17H2,1H3. The fraction of sp³-hybridized carbons (Fsp3) is 0.348. The lowest BCUT2D eigenvalue weighted by atomic mass is 10.2. The van der Waals surface area contributed by atoms with E-state index in [-0.39, 0.29) is 18.1 Å². The lowest BCUT2D eigenvalue weighted by molar-refractivity contribution is -0.119. The first-order valence-corrected chi connectivity index (χ1v) is 10.3. The average Bonchev–Trinajstić information content (AvgIpc) is 2.94. The molecule has 7 nitrogen and oxygen atoms in total. The molecule has 1 aliphatic heterocycles. The van der Waals surface area contributed by atoms with Crippen molar-refractivity contribution in [1.82, 2.24) is 14.3 Å². The monoisotopic (exact) mass is 406 g/mol. The molecule has 0 radical (unpaired) electrons. The molecule has 2 heterocycles. The first-order valence-electron chi connectivity index (χ1n) is 10.3. The summed E-state index contributed by atoms with van der Waals surface area (Å²) in [5, 5.41) is 4.46. The van der Waals surface area contributed by atoms with Crippen molar-refractivity contribution in [2.24, 2.45) is 0 Å². The molecule has 0 saturated carbocycles. The van der Waals surface area contributed by atoms with Crippen LogP contribution in [0.4, 0.5) is 5.69 Å². The molecule has 0 atom stereocenters. The first kappa shape index (κ1) is 19.9. The Labute approximate surface area is 175 Å². The van der Waals surface area contributed by atoms with Gasteiger partial charge in [-0.1, -0.05) is 36.8 Å². The van der Waals surface area contributed by atoms with Gasteiger partial charge in [0, 0.05) is 18.7 Å². The molecule has 4 rings (SSSR count). The van der Waals surface area contributed by atoms with Crippen LogP contribution >= 0.6 is 0 Å². The zero-order valence-electron chi connectivity index (χ0n) is 17.2. The van der Waals surface area contributed by atoms with Crippen LogP contribution in [0.3, 0.4) is 0 Å². The van der Waals surface area contributed by atoms with Gasteiger partial charge in [0.05, 0.1) is 13.7 Å². The van der Waals surface area contributed by atoms with Crippen LogP contribution in [0.25, 0.3) is 0 Å². The summed E-state index contributed by atoms with van der Waals surface area (Å²) in [7, 11) is 1.61. The number of benzene rings is 2. The number of nitrogens with zero attached hydrogens (tertiary/aromatic N) is 4. The van der Waals surface area contributed by atoms with Gasteiger partial charge in [0.2, 0.25) is 5.91 Å². The second-order valence-corrected chi connectivity index (χ2v) is 7.48. The van der Waals surface area contributed by atoms with Gasteiger partial charge in [-0.2, -0.15) is 5.10 Å². The SMILES string of the molecule is COc1ccc(N(Cc2ccccc2)C(=O)Cn2nc3n(c2=O)CCCCC3)cc1. The van der Waals surface area contributed by atoms with Crippen molar-refractivity contribution in [1.29, 1.82) is 0 Å². The summed E-state index contributed by atoms with van der Waals surface area (Å²) in [6.07, 6.45) is 3.88. The first-order chi connectivity index (χ1) is 14.7. The number of aromatic nitrogens is 3. The molecule has 0 bridgehead atoms. The Kier molecular flexibility index (Phi) is 5.97. The number of carbonyl (C=O) groups is 1. The molecule has 156 valence electrons. The van der Waals surface area contributed by atoms with Crippen LogP contribution in [0, 0.1) is 0 Å². The van der Waals surface area contributed by atoms with Crippen LogP contribution in [0.1, 0.15) is 30.7 Å². The molecule has 0 saturated heterocycles. The molecule has 2 aromatic carbocycles. The summed E-state index contributed by atoms with van der Waals surface area (Å²) in [6, 6.07) is 17.2. The predicted molar refractivity (Wildman–Crippen MR) is 115 cm³/mol. The molecular formula is C23H26N4O3. The molecule has 0 fully saturated rings. The van der Waals surface area contributed by atoms with E-state index in [0.717, 1.165) is 48.5 Å². The van der Waals surface area contributed by atoms with E-state index in [2.05, 4.69) is 5.10 Å². The molecule has 0 N–H and O–H groups in total. The second-order valence-electron chi connectivity index (χ2n) is 7.48. The van der Waals surface area contributed by atoms with Crippen molar-refractivity contribution in [3.8, 4) is 5.75 Å². The molecule has 1 aliphatic rings. The zero-order chi connectivity index (χ0) is 20.9. The Morgan fingerprint density at radius 3 is 2.57 bits per heavy atom. The number of amides is 1. The van der Waals surface area contributed by atoms with Crippen LogP contribution in [0.15, 0.2) is 59.4 Å². The zero-order valence-corrected chi connectivity index (χ0v) is 17.2. The number of ether oxygens (including phenoxy) is 1. The summed E-state index contributed by atoms with van der Waals surface area (Å²) < 4.78 is 8.26. The van der Waals surface area contributed by atoms with Gasteiger partial charge in [-0.25, -0.2) is 9.48 Å². The Morgan fingerprint density at radius 2 is 1.83 bits per heavy atom. The number of anilines is 1. The topological polar surface area (TPSA) is 69.4 Å². The lowest BCUT2D eigenvalue weighted by Gasteiger charge is -2.23. The summed E-state index contributed by atoms with van der Waals surface area (Å²) in [6.45, 7) is 1.00. The molecule has 30 heavy (non-hydrogen) atoms. The van der Waals surface area contributed by atoms with E-state index in [1.807, 2.05) is 54.6 Å².